The lowest BCUT2D eigenvalue weighted by molar-refractivity contribution is 0.243. The molecule has 0 saturated heterocycles. The lowest BCUT2D eigenvalue weighted by Gasteiger charge is -2.25. The average Bonchev–Trinajstić information content (AvgIpc) is 2.92. The molecule has 1 heterocycles. The van der Waals surface area contributed by atoms with E-state index < -0.39 is 0 Å². The summed E-state index contributed by atoms with van der Waals surface area (Å²) in [6.07, 6.45) is 0. The molecule has 2 aromatic rings. The van der Waals surface area contributed by atoms with Gasteiger partial charge < -0.3 is 15.0 Å². The van der Waals surface area contributed by atoms with E-state index in [1.54, 1.807) is 7.11 Å². The largest absolute Gasteiger partial charge is 0.497 e. The number of nitrogens with zero attached hydrogens (tertiary/aromatic N) is 3. The van der Waals surface area contributed by atoms with Crippen molar-refractivity contribution in [2.75, 3.05) is 33.1 Å². The van der Waals surface area contributed by atoms with Gasteiger partial charge in [0.1, 0.15) is 10.8 Å². The molecule has 8 heteroatoms. The molecule has 0 bridgehead atoms. The van der Waals surface area contributed by atoms with E-state index >= 15 is 0 Å². The van der Waals surface area contributed by atoms with Gasteiger partial charge in [-0.05, 0) is 38.7 Å². The number of ether oxygens (including phenoxy) is 1. The molecule has 0 fully saturated rings. The van der Waals surface area contributed by atoms with Crippen molar-refractivity contribution in [3.05, 3.63) is 34.8 Å². The summed E-state index contributed by atoms with van der Waals surface area (Å²) in [5.41, 5.74) is 1.07. The summed E-state index contributed by atoms with van der Waals surface area (Å²) in [4.78, 5) is 14.0. The van der Waals surface area contributed by atoms with Crippen LogP contribution in [0.4, 0.5) is 9.93 Å². The smallest absolute Gasteiger partial charge is 0.321 e. The molecule has 23 heavy (non-hydrogen) atoms. The fourth-order valence-electron chi connectivity index (χ4n) is 2.13. The van der Waals surface area contributed by atoms with Crippen LogP contribution in [0, 0.1) is 6.92 Å². The van der Waals surface area contributed by atoms with E-state index in [1.807, 2.05) is 50.2 Å². The molecule has 0 aliphatic heterocycles. The molecule has 0 spiro atoms. The second kappa shape index (κ2) is 7.89. The molecule has 1 aromatic carbocycles. The maximum atomic E-state index is 12.0. The van der Waals surface area contributed by atoms with Crippen molar-refractivity contribution in [1.29, 1.82) is 0 Å². The van der Waals surface area contributed by atoms with Crippen molar-refractivity contribution >= 4 is 22.5 Å². The topological polar surface area (TPSA) is 79.4 Å². The van der Waals surface area contributed by atoms with Gasteiger partial charge >= 0.3 is 6.03 Å². The van der Waals surface area contributed by atoms with Gasteiger partial charge in [-0.1, -0.05) is 23.5 Å². The fraction of sp³-hybridized carbons (Fsp3) is 0.400. The van der Waals surface area contributed by atoms with Crippen LogP contribution >= 0.6 is 11.3 Å². The average molecular weight is 335 g/mol. The van der Waals surface area contributed by atoms with Crippen LogP contribution in [0.3, 0.4) is 0 Å². The molecule has 0 saturated carbocycles. The number of anilines is 1. The van der Waals surface area contributed by atoms with Crippen LogP contribution < -0.4 is 15.4 Å². The van der Waals surface area contributed by atoms with E-state index in [0.29, 0.717) is 11.7 Å². The second-order valence-corrected chi connectivity index (χ2v) is 6.40. The maximum absolute atomic E-state index is 12.0. The maximum Gasteiger partial charge on any atom is 0.321 e. The van der Waals surface area contributed by atoms with Crippen molar-refractivity contribution in [1.82, 2.24) is 20.4 Å². The van der Waals surface area contributed by atoms with Crippen molar-refractivity contribution in [2.24, 2.45) is 0 Å². The minimum absolute atomic E-state index is 0.0343. The Kier molecular flexibility index (Phi) is 5.89. The number of hydrogen-bond acceptors (Lipinski definition) is 6. The Bertz CT molecular complexity index is 659. The molecular weight excluding hydrogens is 314 g/mol. The summed E-state index contributed by atoms with van der Waals surface area (Å²) in [7, 11) is 5.58. The lowest BCUT2D eigenvalue weighted by Crippen LogP contribution is -2.36. The number of urea groups is 1. The summed E-state index contributed by atoms with van der Waals surface area (Å²) in [6, 6.07) is 7.56. The zero-order valence-electron chi connectivity index (χ0n) is 13.7. The quantitative estimate of drug-likeness (QED) is 0.847. The van der Waals surface area contributed by atoms with E-state index in [0.717, 1.165) is 16.3 Å². The van der Waals surface area contributed by atoms with Crippen molar-refractivity contribution in [3.63, 3.8) is 0 Å². The number of hydrogen-bond donors (Lipinski definition) is 2. The highest BCUT2D eigenvalue weighted by Gasteiger charge is 2.16. The van der Waals surface area contributed by atoms with Crippen molar-refractivity contribution in [3.8, 4) is 5.75 Å². The van der Waals surface area contributed by atoms with E-state index in [4.69, 9.17) is 4.74 Å². The third kappa shape index (κ3) is 4.90. The molecule has 0 unspecified atom stereocenters. The number of benzene rings is 1. The third-order valence-electron chi connectivity index (χ3n) is 3.30. The number of carbonyl (C=O) groups excluding carboxylic acids is 1. The van der Waals surface area contributed by atoms with E-state index in [2.05, 4.69) is 20.8 Å². The van der Waals surface area contributed by atoms with Gasteiger partial charge in [0, 0.05) is 6.54 Å². The van der Waals surface area contributed by atoms with Gasteiger partial charge in [-0.15, -0.1) is 10.2 Å². The molecule has 0 aliphatic carbocycles. The number of likely N-dealkylation sites (N-methyl/N-ethyl adjacent to an activating group) is 1. The van der Waals surface area contributed by atoms with Gasteiger partial charge in [0.15, 0.2) is 0 Å². The first-order chi connectivity index (χ1) is 11.0. The summed E-state index contributed by atoms with van der Waals surface area (Å²) < 4.78 is 5.26. The normalized spacial score (nSPS) is 12.0. The minimum Gasteiger partial charge on any atom is -0.497 e. The van der Waals surface area contributed by atoms with Crippen LogP contribution in [-0.2, 0) is 0 Å². The molecule has 2 amide bonds. The van der Waals surface area contributed by atoms with Gasteiger partial charge in [0.25, 0.3) is 0 Å². The highest BCUT2D eigenvalue weighted by atomic mass is 32.1. The highest BCUT2D eigenvalue weighted by Crippen LogP contribution is 2.22. The molecule has 124 valence electrons. The number of carbonyl (C=O) groups is 1. The number of aryl methyl sites for hydroxylation is 1. The highest BCUT2D eigenvalue weighted by molar-refractivity contribution is 7.15. The van der Waals surface area contributed by atoms with Crippen molar-refractivity contribution in [2.45, 2.75) is 13.0 Å². The van der Waals surface area contributed by atoms with Gasteiger partial charge in [-0.25, -0.2) is 4.79 Å². The second-order valence-electron chi connectivity index (χ2n) is 5.22. The van der Waals surface area contributed by atoms with E-state index in [1.165, 1.54) is 11.3 Å². The first kappa shape index (κ1) is 17.2. The van der Waals surface area contributed by atoms with Crippen LogP contribution in [0.5, 0.6) is 5.75 Å². The Morgan fingerprint density at radius 3 is 2.78 bits per heavy atom. The molecule has 1 aromatic heterocycles. The molecule has 1 atom stereocenters. The molecular formula is C15H21N5O2S. The first-order valence-electron chi connectivity index (χ1n) is 7.15. The zero-order chi connectivity index (χ0) is 16.8. The molecule has 0 aliphatic rings. The first-order valence-corrected chi connectivity index (χ1v) is 7.96. The number of methoxy groups -OCH3 is 1. The van der Waals surface area contributed by atoms with Crippen LogP contribution in [0.25, 0.3) is 0 Å². The third-order valence-corrected chi connectivity index (χ3v) is 4.06. The van der Waals surface area contributed by atoms with Gasteiger partial charge in [0.05, 0.1) is 13.2 Å². The minimum atomic E-state index is -0.295. The Labute approximate surface area is 139 Å². The summed E-state index contributed by atoms with van der Waals surface area (Å²) in [5.74, 6) is 0.795. The lowest BCUT2D eigenvalue weighted by atomic mass is 10.1. The summed E-state index contributed by atoms with van der Waals surface area (Å²) in [5, 5.41) is 14.6. The number of amides is 2. The van der Waals surface area contributed by atoms with Crippen LogP contribution in [0.1, 0.15) is 16.6 Å². The number of aromatic nitrogens is 2. The Balaban J connectivity index is 1.98. The van der Waals surface area contributed by atoms with Crippen LogP contribution in [-0.4, -0.2) is 48.9 Å². The van der Waals surface area contributed by atoms with Gasteiger partial charge in [-0.3, -0.25) is 5.32 Å². The van der Waals surface area contributed by atoms with E-state index in [-0.39, 0.29) is 12.1 Å². The van der Waals surface area contributed by atoms with Crippen LogP contribution in [0.15, 0.2) is 24.3 Å². The SMILES string of the molecule is COc1cccc([C@@H](CNC(=O)Nc2nnc(C)s2)N(C)C)c1. The Morgan fingerprint density at radius 1 is 1.39 bits per heavy atom. The standard InChI is InChI=1S/C15H21N5O2S/c1-10-18-19-15(23-10)17-14(21)16-9-13(20(2)3)11-6-5-7-12(8-11)22-4/h5-8,13H,9H2,1-4H3,(H2,16,17,19,21)/t13-/m1/s1. The predicted molar refractivity (Wildman–Crippen MR) is 91.1 cm³/mol. The Hall–Kier alpha value is -2.19. The molecule has 2 rings (SSSR count). The molecule has 7 nitrogen and oxygen atoms in total. The zero-order valence-corrected chi connectivity index (χ0v) is 14.5. The van der Waals surface area contributed by atoms with Gasteiger partial charge in [-0.2, -0.15) is 0 Å². The van der Waals surface area contributed by atoms with Crippen LogP contribution in [0.2, 0.25) is 0 Å². The number of nitrogens with one attached hydrogen (secondary N) is 2. The van der Waals surface area contributed by atoms with Gasteiger partial charge in [0.2, 0.25) is 5.13 Å². The molecule has 0 radical (unpaired) electrons. The monoisotopic (exact) mass is 335 g/mol. The fourth-order valence-corrected chi connectivity index (χ4v) is 2.71. The van der Waals surface area contributed by atoms with Crippen molar-refractivity contribution < 1.29 is 9.53 Å². The predicted octanol–water partition coefficient (Wildman–Crippen LogP) is 2.28. The molecule has 2 N–H and O–H groups in total. The Morgan fingerprint density at radius 2 is 2.17 bits per heavy atom. The van der Waals surface area contributed by atoms with E-state index in [9.17, 15) is 4.79 Å². The summed E-state index contributed by atoms with van der Waals surface area (Å²) >= 11 is 1.34. The number of rotatable bonds is 6. The summed E-state index contributed by atoms with van der Waals surface area (Å²) in [6.45, 7) is 2.30.